The van der Waals surface area contributed by atoms with E-state index in [4.69, 9.17) is 23.2 Å². The summed E-state index contributed by atoms with van der Waals surface area (Å²) in [6.45, 7) is 4.59. The minimum absolute atomic E-state index is 0.0371. The second-order valence-electron chi connectivity index (χ2n) is 10.0. The quantitative estimate of drug-likeness (QED) is 0.240. The van der Waals surface area contributed by atoms with Crippen LogP contribution >= 0.6 is 23.2 Å². The highest BCUT2D eigenvalue weighted by Gasteiger charge is 2.31. The summed E-state index contributed by atoms with van der Waals surface area (Å²) in [7, 11) is -3.57. The summed E-state index contributed by atoms with van der Waals surface area (Å²) in [5.74, 6) is -0.535. The third-order valence-corrected chi connectivity index (χ3v) is 8.43. The minimum Gasteiger partial charge on any atom is -0.354 e. The van der Waals surface area contributed by atoms with Gasteiger partial charge in [0, 0.05) is 42.5 Å². The molecule has 41 heavy (non-hydrogen) atoms. The topological polar surface area (TPSA) is 86.8 Å². The zero-order valence-corrected chi connectivity index (χ0v) is 26.0. The van der Waals surface area contributed by atoms with E-state index in [-0.39, 0.29) is 37.7 Å². The van der Waals surface area contributed by atoms with Crippen molar-refractivity contribution in [3.05, 3.63) is 99.5 Å². The molecule has 0 aliphatic carbocycles. The molecule has 0 fully saturated rings. The molecule has 0 unspecified atom stereocenters. The molecule has 0 heterocycles. The lowest BCUT2D eigenvalue weighted by atomic mass is 10.0. The first-order valence-corrected chi connectivity index (χ1v) is 16.2. The van der Waals surface area contributed by atoms with Crippen LogP contribution in [0.3, 0.4) is 0 Å². The standard InChI is InChI=1S/C31H37Cl2N3O4S/c1-4-18-34-31(38)29(20-24-9-6-5-7-10-24)35(22-25-14-15-26(32)21-28(25)33)30(37)11-8-19-36(41(3,39)40)27-16-12-23(2)13-17-27/h5-7,9-10,12-17,21,29H,4,8,11,18-20,22H2,1-3H3,(H,34,38)/t29-/m1/s1. The van der Waals surface area contributed by atoms with Crippen molar-refractivity contribution in [2.45, 2.75) is 52.1 Å². The maximum Gasteiger partial charge on any atom is 0.243 e. The number of carbonyl (C=O) groups excluding carboxylic acids is 2. The Bertz CT molecular complexity index is 1420. The molecular formula is C31H37Cl2N3O4S. The molecule has 3 aromatic rings. The third-order valence-electron chi connectivity index (χ3n) is 6.65. The molecule has 0 radical (unpaired) electrons. The molecule has 0 aliphatic rings. The number of rotatable bonds is 14. The molecule has 7 nitrogen and oxygen atoms in total. The van der Waals surface area contributed by atoms with Crippen LogP contribution in [-0.4, -0.2) is 50.5 Å². The number of nitrogens with zero attached hydrogens (tertiary/aromatic N) is 2. The summed E-state index contributed by atoms with van der Waals surface area (Å²) in [5, 5.41) is 3.80. The lowest BCUT2D eigenvalue weighted by molar-refractivity contribution is -0.141. The smallest absolute Gasteiger partial charge is 0.243 e. The largest absolute Gasteiger partial charge is 0.354 e. The van der Waals surface area contributed by atoms with Crippen molar-refractivity contribution in [2.24, 2.45) is 0 Å². The van der Waals surface area contributed by atoms with Gasteiger partial charge < -0.3 is 10.2 Å². The number of aryl methyl sites for hydroxylation is 1. The van der Waals surface area contributed by atoms with Crippen molar-refractivity contribution in [2.75, 3.05) is 23.7 Å². The summed E-state index contributed by atoms with van der Waals surface area (Å²) < 4.78 is 26.5. The molecule has 0 spiro atoms. The van der Waals surface area contributed by atoms with Crippen molar-refractivity contribution >= 4 is 50.7 Å². The molecule has 3 rings (SSSR count). The Morgan fingerprint density at radius 3 is 2.27 bits per heavy atom. The Hall–Kier alpha value is -3.07. The number of hydrogen-bond donors (Lipinski definition) is 1. The van der Waals surface area contributed by atoms with Gasteiger partial charge in [-0.2, -0.15) is 0 Å². The van der Waals surface area contributed by atoms with Gasteiger partial charge in [0.1, 0.15) is 6.04 Å². The fourth-order valence-corrected chi connectivity index (χ4v) is 5.90. The maximum atomic E-state index is 13.9. The summed E-state index contributed by atoms with van der Waals surface area (Å²) >= 11 is 12.6. The highest BCUT2D eigenvalue weighted by Crippen LogP contribution is 2.25. The number of sulfonamides is 1. The normalized spacial score (nSPS) is 12.0. The average molecular weight is 619 g/mol. The first kappa shape index (κ1) is 32.4. The molecule has 220 valence electrons. The molecule has 0 aliphatic heterocycles. The van der Waals surface area contributed by atoms with E-state index in [1.807, 2.05) is 56.3 Å². The SMILES string of the molecule is CCCNC(=O)[C@@H](Cc1ccccc1)N(Cc1ccc(Cl)cc1Cl)C(=O)CCCN(c1ccc(C)cc1)S(C)(=O)=O. The lowest BCUT2D eigenvalue weighted by Gasteiger charge is -2.32. The Morgan fingerprint density at radius 2 is 1.66 bits per heavy atom. The van der Waals surface area contributed by atoms with E-state index < -0.39 is 16.1 Å². The van der Waals surface area contributed by atoms with Crippen LogP contribution in [0.1, 0.15) is 42.9 Å². The maximum absolute atomic E-state index is 13.9. The average Bonchev–Trinajstić information content (AvgIpc) is 2.93. The Kier molecular flexibility index (Phi) is 12.1. The Labute approximate surface area is 253 Å². The molecule has 10 heteroatoms. The van der Waals surface area contributed by atoms with Gasteiger partial charge in [0.15, 0.2) is 0 Å². The van der Waals surface area contributed by atoms with Crippen LogP contribution in [0.4, 0.5) is 5.69 Å². The van der Waals surface area contributed by atoms with E-state index in [0.29, 0.717) is 34.3 Å². The van der Waals surface area contributed by atoms with Gasteiger partial charge in [-0.05, 0) is 55.2 Å². The van der Waals surface area contributed by atoms with Gasteiger partial charge in [-0.1, -0.05) is 84.2 Å². The van der Waals surface area contributed by atoms with E-state index in [2.05, 4.69) is 5.32 Å². The van der Waals surface area contributed by atoms with Crippen molar-refractivity contribution < 1.29 is 18.0 Å². The van der Waals surface area contributed by atoms with Crippen molar-refractivity contribution in [3.63, 3.8) is 0 Å². The molecule has 1 atom stereocenters. The van der Waals surface area contributed by atoms with Gasteiger partial charge in [0.2, 0.25) is 21.8 Å². The number of amides is 2. The van der Waals surface area contributed by atoms with Gasteiger partial charge in [-0.25, -0.2) is 8.42 Å². The third kappa shape index (κ3) is 9.76. The summed E-state index contributed by atoms with van der Waals surface area (Å²) in [4.78, 5) is 28.9. The predicted octanol–water partition coefficient (Wildman–Crippen LogP) is 6.01. The lowest BCUT2D eigenvalue weighted by Crippen LogP contribution is -2.50. The van der Waals surface area contributed by atoms with Gasteiger partial charge in [0.25, 0.3) is 0 Å². The molecule has 1 N–H and O–H groups in total. The van der Waals surface area contributed by atoms with Crippen LogP contribution in [0.25, 0.3) is 0 Å². The van der Waals surface area contributed by atoms with E-state index in [9.17, 15) is 18.0 Å². The van der Waals surface area contributed by atoms with Gasteiger partial charge >= 0.3 is 0 Å². The number of nitrogens with one attached hydrogen (secondary N) is 1. The van der Waals surface area contributed by atoms with E-state index >= 15 is 0 Å². The molecule has 0 saturated carbocycles. The monoisotopic (exact) mass is 617 g/mol. The molecule has 0 bridgehead atoms. The van der Waals surface area contributed by atoms with Crippen molar-refractivity contribution in [1.29, 1.82) is 0 Å². The van der Waals surface area contributed by atoms with E-state index in [0.717, 1.165) is 23.8 Å². The van der Waals surface area contributed by atoms with Crippen LogP contribution in [0.15, 0.2) is 72.8 Å². The molecular weight excluding hydrogens is 581 g/mol. The van der Waals surface area contributed by atoms with Crippen LogP contribution in [-0.2, 0) is 32.6 Å². The number of carbonyl (C=O) groups is 2. The van der Waals surface area contributed by atoms with Crippen LogP contribution in [0.2, 0.25) is 10.0 Å². The first-order valence-electron chi connectivity index (χ1n) is 13.6. The summed E-state index contributed by atoms with van der Waals surface area (Å²) in [5.41, 5.74) is 3.12. The fourth-order valence-electron chi connectivity index (χ4n) is 4.47. The summed E-state index contributed by atoms with van der Waals surface area (Å²) in [6, 6.07) is 21.0. The van der Waals surface area contributed by atoms with Gasteiger partial charge in [-0.3, -0.25) is 13.9 Å². The van der Waals surface area contributed by atoms with E-state index in [1.54, 1.807) is 35.2 Å². The predicted molar refractivity (Wildman–Crippen MR) is 167 cm³/mol. The second-order valence-corrected chi connectivity index (χ2v) is 12.8. The molecule has 0 saturated heterocycles. The van der Waals surface area contributed by atoms with Crippen molar-refractivity contribution in [3.8, 4) is 0 Å². The Morgan fingerprint density at radius 1 is 0.976 bits per heavy atom. The van der Waals surface area contributed by atoms with E-state index in [1.165, 1.54) is 4.31 Å². The van der Waals surface area contributed by atoms with Crippen LogP contribution < -0.4 is 9.62 Å². The van der Waals surface area contributed by atoms with Crippen LogP contribution in [0, 0.1) is 6.92 Å². The number of halogens is 2. The van der Waals surface area contributed by atoms with Crippen LogP contribution in [0.5, 0.6) is 0 Å². The zero-order valence-electron chi connectivity index (χ0n) is 23.6. The zero-order chi connectivity index (χ0) is 30.0. The molecule has 3 aromatic carbocycles. The van der Waals surface area contributed by atoms with Gasteiger partial charge in [-0.15, -0.1) is 0 Å². The summed E-state index contributed by atoms with van der Waals surface area (Å²) in [6.07, 6.45) is 2.51. The fraction of sp³-hybridized carbons (Fsp3) is 0.355. The second kappa shape index (κ2) is 15.2. The van der Waals surface area contributed by atoms with Gasteiger partial charge in [0.05, 0.1) is 11.9 Å². The number of hydrogen-bond acceptors (Lipinski definition) is 4. The highest BCUT2D eigenvalue weighted by atomic mass is 35.5. The highest BCUT2D eigenvalue weighted by molar-refractivity contribution is 7.92. The Balaban J connectivity index is 1.89. The number of benzene rings is 3. The first-order chi connectivity index (χ1) is 19.5. The van der Waals surface area contributed by atoms with Crippen molar-refractivity contribution in [1.82, 2.24) is 10.2 Å². The number of anilines is 1. The molecule has 2 amide bonds. The molecule has 0 aromatic heterocycles. The minimum atomic E-state index is -3.57.